The van der Waals surface area contributed by atoms with Crippen LogP contribution in [0, 0.1) is 0 Å². The standard InChI is InChI=1S/C23H32N4O4S.C2HF3O2/c1-3-4-18-5-8-20(9-6-18)32(29,30)26-21-17-19(23(28)25-13-16-31-2)7-10-22(21)27-14-11-24-12-15-27;3-2(4,5)1(6)7/h5-10,17,24,26H,3-4,11-16H2,1-2H3,(H,25,28);(H,6,7). The lowest BCUT2D eigenvalue weighted by Crippen LogP contribution is -2.43. The molecule has 216 valence electrons. The van der Waals surface area contributed by atoms with Crippen LogP contribution in [0.4, 0.5) is 24.5 Å². The Morgan fingerprint density at radius 1 is 1.10 bits per heavy atom. The summed E-state index contributed by atoms with van der Waals surface area (Å²) in [7, 11) is -2.25. The number of sulfonamides is 1. The van der Waals surface area contributed by atoms with E-state index in [2.05, 4.69) is 27.2 Å². The van der Waals surface area contributed by atoms with Crippen LogP contribution in [0.25, 0.3) is 0 Å². The van der Waals surface area contributed by atoms with Gasteiger partial charge in [-0.2, -0.15) is 13.2 Å². The molecule has 2 aromatic carbocycles. The van der Waals surface area contributed by atoms with Crippen molar-refractivity contribution >= 4 is 33.3 Å². The van der Waals surface area contributed by atoms with Crippen molar-refractivity contribution in [1.29, 1.82) is 0 Å². The molecule has 1 aliphatic heterocycles. The number of rotatable bonds is 10. The number of nitrogens with one attached hydrogen (secondary N) is 3. The number of methoxy groups -OCH3 is 1. The molecule has 4 N–H and O–H groups in total. The van der Waals surface area contributed by atoms with Crippen LogP contribution >= 0.6 is 0 Å². The molecular weight excluding hydrogens is 541 g/mol. The number of anilines is 2. The van der Waals surface area contributed by atoms with E-state index in [0.717, 1.165) is 50.3 Å². The number of alkyl halides is 3. The van der Waals surface area contributed by atoms with Gasteiger partial charge in [-0.1, -0.05) is 25.5 Å². The van der Waals surface area contributed by atoms with Gasteiger partial charge in [0.1, 0.15) is 0 Å². The number of hydrogen-bond donors (Lipinski definition) is 4. The molecular formula is C25H33F3N4O6S. The largest absolute Gasteiger partial charge is 0.490 e. The van der Waals surface area contributed by atoms with Crippen LogP contribution in [-0.2, 0) is 26.0 Å². The minimum atomic E-state index is -5.08. The molecule has 1 fully saturated rings. The lowest BCUT2D eigenvalue weighted by molar-refractivity contribution is -0.192. The van der Waals surface area contributed by atoms with Crippen LogP contribution < -0.4 is 20.3 Å². The Hall–Kier alpha value is -3.36. The number of carbonyl (C=O) groups is 2. The van der Waals surface area contributed by atoms with E-state index in [-0.39, 0.29) is 10.8 Å². The van der Waals surface area contributed by atoms with Gasteiger partial charge >= 0.3 is 12.1 Å². The first-order chi connectivity index (χ1) is 18.4. The highest BCUT2D eigenvalue weighted by Crippen LogP contribution is 2.30. The first-order valence-electron chi connectivity index (χ1n) is 12.2. The minimum Gasteiger partial charge on any atom is -0.475 e. The molecule has 3 rings (SSSR count). The third kappa shape index (κ3) is 10.0. The number of aryl methyl sites for hydroxylation is 1. The summed E-state index contributed by atoms with van der Waals surface area (Å²) >= 11 is 0. The molecule has 0 aliphatic carbocycles. The highest BCUT2D eigenvalue weighted by atomic mass is 32.2. The topological polar surface area (TPSA) is 137 Å². The lowest BCUT2D eigenvalue weighted by Gasteiger charge is -2.31. The SMILES string of the molecule is CCCc1ccc(S(=O)(=O)Nc2cc(C(=O)NCCOC)ccc2N2CCNCC2)cc1.O=C(O)C(F)(F)F. The quantitative estimate of drug-likeness (QED) is 0.318. The number of amides is 1. The van der Waals surface area contributed by atoms with Crippen molar-refractivity contribution in [3.8, 4) is 0 Å². The second kappa shape index (κ2) is 14.7. The first-order valence-corrected chi connectivity index (χ1v) is 13.7. The van der Waals surface area contributed by atoms with E-state index < -0.39 is 22.2 Å². The maximum Gasteiger partial charge on any atom is 0.490 e. The molecule has 1 amide bonds. The number of carbonyl (C=O) groups excluding carboxylic acids is 1. The highest BCUT2D eigenvalue weighted by molar-refractivity contribution is 7.92. The fourth-order valence-electron chi connectivity index (χ4n) is 3.64. The number of nitrogens with zero attached hydrogens (tertiary/aromatic N) is 1. The highest BCUT2D eigenvalue weighted by Gasteiger charge is 2.38. The van der Waals surface area contributed by atoms with Crippen molar-refractivity contribution in [3.05, 3.63) is 53.6 Å². The molecule has 0 bridgehead atoms. The van der Waals surface area contributed by atoms with Crippen molar-refractivity contribution in [3.63, 3.8) is 0 Å². The Balaban J connectivity index is 0.000000673. The van der Waals surface area contributed by atoms with Gasteiger partial charge in [0.05, 0.1) is 22.9 Å². The second-order valence-corrected chi connectivity index (χ2v) is 10.2. The molecule has 0 spiro atoms. The van der Waals surface area contributed by atoms with Gasteiger partial charge < -0.3 is 25.4 Å². The summed E-state index contributed by atoms with van der Waals surface area (Å²) < 4.78 is 65.7. The maximum absolute atomic E-state index is 13.1. The van der Waals surface area contributed by atoms with Crippen LogP contribution in [0.15, 0.2) is 47.4 Å². The summed E-state index contributed by atoms with van der Waals surface area (Å²) in [5, 5.41) is 13.2. The van der Waals surface area contributed by atoms with Gasteiger partial charge in [-0.3, -0.25) is 9.52 Å². The fourth-order valence-corrected chi connectivity index (χ4v) is 4.70. The molecule has 2 aromatic rings. The van der Waals surface area contributed by atoms with Crippen molar-refractivity contribution in [1.82, 2.24) is 10.6 Å². The van der Waals surface area contributed by atoms with Gasteiger partial charge in [-0.15, -0.1) is 0 Å². The molecule has 14 heteroatoms. The van der Waals surface area contributed by atoms with Crippen molar-refractivity contribution in [2.45, 2.75) is 30.8 Å². The normalized spacial score (nSPS) is 13.7. The monoisotopic (exact) mass is 574 g/mol. The average Bonchev–Trinajstić information content (AvgIpc) is 2.89. The smallest absolute Gasteiger partial charge is 0.475 e. The van der Waals surface area contributed by atoms with E-state index in [1.807, 2.05) is 12.1 Å². The Morgan fingerprint density at radius 3 is 2.26 bits per heavy atom. The summed E-state index contributed by atoms with van der Waals surface area (Å²) in [4.78, 5) is 23.7. The number of carboxylic acids is 1. The predicted octanol–water partition coefficient (Wildman–Crippen LogP) is 2.86. The van der Waals surface area contributed by atoms with Gasteiger partial charge in [0, 0.05) is 45.4 Å². The van der Waals surface area contributed by atoms with Gasteiger partial charge in [0.15, 0.2) is 0 Å². The Bertz CT molecular complexity index is 1200. The number of ether oxygens (including phenoxy) is 1. The van der Waals surface area contributed by atoms with E-state index in [4.69, 9.17) is 14.6 Å². The summed E-state index contributed by atoms with van der Waals surface area (Å²) in [5.74, 6) is -3.04. The molecule has 0 saturated carbocycles. The number of hydrogen-bond acceptors (Lipinski definition) is 7. The Labute approximate surface area is 225 Å². The second-order valence-electron chi connectivity index (χ2n) is 8.52. The van der Waals surface area contributed by atoms with Crippen molar-refractivity contribution in [2.75, 3.05) is 56.1 Å². The maximum atomic E-state index is 13.1. The van der Waals surface area contributed by atoms with Gasteiger partial charge in [0.25, 0.3) is 15.9 Å². The van der Waals surface area contributed by atoms with Crippen LogP contribution in [0.5, 0.6) is 0 Å². The van der Waals surface area contributed by atoms with Crippen LogP contribution in [0.1, 0.15) is 29.3 Å². The third-order valence-electron chi connectivity index (χ3n) is 5.57. The summed E-state index contributed by atoms with van der Waals surface area (Å²) in [6.45, 7) is 5.98. The molecule has 1 saturated heterocycles. The van der Waals surface area contributed by atoms with E-state index >= 15 is 0 Å². The van der Waals surface area contributed by atoms with Crippen molar-refractivity contribution < 1.29 is 41.0 Å². The van der Waals surface area contributed by atoms with Gasteiger partial charge in [0.2, 0.25) is 0 Å². The first kappa shape index (κ1) is 31.9. The van der Waals surface area contributed by atoms with Crippen LogP contribution in [0.3, 0.4) is 0 Å². The molecule has 1 heterocycles. The summed E-state index contributed by atoms with van der Waals surface area (Å²) in [6.07, 6.45) is -3.18. The van der Waals surface area contributed by atoms with Crippen LogP contribution in [0.2, 0.25) is 0 Å². The Morgan fingerprint density at radius 2 is 1.72 bits per heavy atom. The van der Waals surface area contributed by atoms with E-state index in [0.29, 0.717) is 24.4 Å². The number of benzene rings is 2. The number of carboxylic acid groups (broad SMARTS) is 1. The molecule has 39 heavy (non-hydrogen) atoms. The zero-order chi connectivity index (χ0) is 29.1. The molecule has 0 aromatic heterocycles. The van der Waals surface area contributed by atoms with E-state index in [1.165, 1.54) is 0 Å². The predicted molar refractivity (Wildman–Crippen MR) is 141 cm³/mol. The summed E-state index contributed by atoms with van der Waals surface area (Å²) in [6, 6.07) is 12.1. The van der Waals surface area contributed by atoms with Crippen LogP contribution in [-0.4, -0.2) is 78.0 Å². The number of piperazine rings is 1. The molecule has 0 radical (unpaired) electrons. The van der Waals surface area contributed by atoms with Gasteiger partial charge in [-0.05, 0) is 42.3 Å². The molecule has 0 atom stereocenters. The Kier molecular flexibility index (Phi) is 12.0. The van der Waals surface area contributed by atoms with E-state index in [9.17, 15) is 26.4 Å². The van der Waals surface area contributed by atoms with Gasteiger partial charge in [-0.25, -0.2) is 13.2 Å². The summed E-state index contributed by atoms with van der Waals surface area (Å²) in [5.41, 5.74) is 2.63. The lowest BCUT2D eigenvalue weighted by atomic mass is 10.1. The van der Waals surface area contributed by atoms with Crippen molar-refractivity contribution in [2.24, 2.45) is 0 Å². The molecule has 10 nitrogen and oxygen atoms in total. The number of halogens is 3. The number of aliphatic carboxylic acids is 1. The molecule has 0 unspecified atom stereocenters. The van der Waals surface area contributed by atoms with E-state index in [1.54, 1.807) is 37.4 Å². The third-order valence-corrected chi connectivity index (χ3v) is 6.95. The average molecular weight is 575 g/mol. The zero-order valence-corrected chi connectivity index (χ0v) is 22.5. The fraction of sp³-hybridized carbons (Fsp3) is 0.440. The minimum absolute atomic E-state index is 0.193. The molecule has 1 aliphatic rings. The zero-order valence-electron chi connectivity index (χ0n) is 21.7.